The third kappa shape index (κ3) is 6.60. The van der Waals surface area contributed by atoms with Crippen LogP contribution in [0.25, 0.3) is 0 Å². The highest BCUT2D eigenvalue weighted by molar-refractivity contribution is 6.06. The minimum Gasteiger partial charge on any atom is -0.494 e. The molecule has 2 atom stereocenters. The highest BCUT2D eigenvalue weighted by Crippen LogP contribution is 2.26. The van der Waals surface area contributed by atoms with E-state index in [4.69, 9.17) is 9.47 Å². The van der Waals surface area contributed by atoms with E-state index in [1.165, 1.54) is 4.90 Å². The fourth-order valence-corrected chi connectivity index (χ4v) is 4.72. The van der Waals surface area contributed by atoms with Gasteiger partial charge in [-0.15, -0.1) is 0 Å². The first-order chi connectivity index (χ1) is 17.6. The van der Waals surface area contributed by atoms with E-state index in [1.807, 2.05) is 55.5 Å². The molecule has 9 nitrogen and oxygen atoms in total. The second-order valence-corrected chi connectivity index (χ2v) is 10.6. The summed E-state index contributed by atoms with van der Waals surface area (Å²) in [7, 11) is 0. The van der Waals surface area contributed by atoms with Crippen LogP contribution in [0.3, 0.4) is 0 Å². The summed E-state index contributed by atoms with van der Waals surface area (Å²) < 4.78 is 11.6. The first-order valence-electron chi connectivity index (χ1n) is 12.7. The number of nitrogens with one attached hydrogen (secondary N) is 1. The molecule has 2 aromatic carbocycles. The van der Waals surface area contributed by atoms with Gasteiger partial charge in [-0.1, -0.05) is 24.3 Å². The lowest BCUT2D eigenvalue weighted by Crippen LogP contribution is -2.59. The molecule has 0 aliphatic carbocycles. The van der Waals surface area contributed by atoms with Crippen LogP contribution in [0.4, 0.5) is 4.79 Å². The zero-order valence-corrected chi connectivity index (χ0v) is 21.8. The van der Waals surface area contributed by atoms with Crippen LogP contribution in [-0.2, 0) is 11.3 Å². The van der Waals surface area contributed by atoms with Crippen LogP contribution in [0.15, 0.2) is 48.5 Å². The number of amides is 3. The van der Waals surface area contributed by atoms with Gasteiger partial charge in [-0.3, -0.25) is 14.6 Å². The summed E-state index contributed by atoms with van der Waals surface area (Å²) in [6, 6.07) is 15.0. The van der Waals surface area contributed by atoms with Crippen LogP contribution in [0.5, 0.6) is 11.5 Å². The van der Waals surface area contributed by atoms with E-state index in [1.54, 1.807) is 13.8 Å². The summed E-state index contributed by atoms with van der Waals surface area (Å²) in [4.78, 5) is 27.5. The van der Waals surface area contributed by atoms with Crippen LogP contribution in [-0.4, -0.2) is 82.0 Å². The number of rotatable bonds is 10. The summed E-state index contributed by atoms with van der Waals surface area (Å²) in [5.41, 5.74) is -0.0780. The van der Waals surface area contributed by atoms with Crippen molar-refractivity contribution in [1.29, 1.82) is 0 Å². The third-order valence-corrected chi connectivity index (χ3v) is 6.88. The van der Waals surface area contributed by atoms with Gasteiger partial charge in [-0.2, -0.15) is 0 Å². The monoisotopic (exact) mass is 511 g/mol. The summed E-state index contributed by atoms with van der Waals surface area (Å²) in [6.45, 7) is 7.67. The third-order valence-electron chi connectivity index (χ3n) is 6.88. The van der Waals surface area contributed by atoms with Crippen LogP contribution >= 0.6 is 0 Å². The maximum Gasteiger partial charge on any atom is 0.325 e. The van der Waals surface area contributed by atoms with E-state index >= 15 is 0 Å². The van der Waals surface area contributed by atoms with Crippen molar-refractivity contribution in [3.05, 3.63) is 59.7 Å². The Morgan fingerprint density at radius 2 is 1.84 bits per heavy atom. The van der Waals surface area contributed by atoms with Crippen molar-refractivity contribution < 1.29 is 29.3 Å². The molecule has 3 N–H and O–H groups in total. The summed E-state index contributed by atoms with van der Waals surface area (Å²) >= 11 is 0. The molecule has 2 heterocycles. The van der Waals surface area contributed by atoms with E-state index in [9.17, 15) is 19.8 Å². The number of aliphatic hydroxyl groups excluding tert-OH is 1. The molecule has 0 aromatic heterocycles. The molecule has 2 fully saturated rings. The Morgan fingerprint density at radius 3 is 2.51 bits per heavy atom. The maximum atomic E-state index is 12.2. The normalized spacial score (nSPS) is 23.7. The minimum atomic E-state index is -1.35. The number of hydrogen-bond donors (Lipinski definition) is 3. The molecule has 2 saturated heterocycles. The average Bonchev–Trinajstić information content (AvgIpc) is 3.05. The van der Waals surface area contributed by atoms with Crippen molar-refractivity contribution in [3.8, 4) is 11.5 Å². The molecule has 37 heavy (non-hydrogen) atoms. The SMILES string of the molecule is Cc1cccc(OC[C@@]2(O)CN(Cc3ccc(OCCCN4C(=O)NC(C)(C)C4=O)cc3)CC[C@@H]2O)c1. The molecular weight excluding hydrogens is 474 g/mol. The molecular formula is C28H37N3O6. The second kappa shape index (κ2) is 11.1. The van der Waals surface area contributed by atoms with Gasteiger partial charge in [0.2, 0.25) is 0 Å². The minimum absolute atomic E-state index is 0.0169. The Bertz CT molecular complexity index is 1110. The molecule has 0 bridgehead atoms. The molecule has 200 valence electrons. The van der Waals surface area contributed by atoms with Gasteiger partial charge >= 0.3 is 6.03 Å². The first kappa shape index (κ1) is 26.9. The van der Waals surface area contributed by atoms with Crippen LogP contribution < -0.4 is 14.8 Å². The topological polar surface area (TPSA) is 112 Å². The summed E-state index contributed by atoms with van der Waals surface area (Å²) in [5, 5.41) is 24.3. The molecule has 0 unspecified atom stereocenters. The Labute approximate surface area is 218 Å². The highest BCUT2D eigenvalue weighted by Gasteiger charge is 2.44. The van der Waals surface area contributed by atoms with Gasteiger partial charge in [0.15, 0.2) is 0 Å². The predicted molar refractivity (Wildman–Crippen MR) is 138 cm³/mol. The van der Waals surface area contributed by atoms with E-state index in [-0.39, 0.29) is 18.5 Å². The number of carbonyl (C=O) groups excluding carboxylic acids is 2. The maximum absolute atomic E-state index is 12.2. The van der Waals surface area contributed by atoms with Gasteiger partial charge in [-0.05, 0) is 69.0 Å². The van der Waals surface area contributed by atoms with E-state index in [0.29, 0.717) is 57.1 Å². The Balaban J connectivity index is 1.23. The van der Waals surface area contributed by atoms with Gasteiger partial charge in [-0.25, -0.2) is 4.79 Å². The lowest BCUT2D eigenvalue weighted by atomic mass is 9.90. The highest BCUT2D eigenvalue weighted by atomic mass is 16.5. The number of piperidine rings is 1. The van der Waals surface area contributed by atoms with Gasteiger partial charge < -0.3 is 25.0 Å². The first-order valence-corrected chi connectivity index (χ1v) is 12.7. The van der Waals surface area contributed by atoms with Crippen LogP contribution in [0.1, 0.15) is 37.8 Å². The number of aliphatic hydroxyl groups is 2. The molecule has 4 rings (SSSR count). The van der Waals surface area contributed by atoms with Gasteiger partial charge in [0, 0.05) is 26.2 Å². The average molecular weight is 512 g/mol. The molecule has 2 aromatic rings. The molecule has 2 aliphatic rings. The molecule has 0 radical (unpaired) electrons. The van der Waals surface area contributed by atoms with Crippen LogP contribution in [0, 0.1) is 6.92 Å². The molecule has 0 spiro atoms. The fourth-order valence-electron chi connectivity index (χ4n) is 4.72. The van der Waals surface area contributed by atoms with Gasteiger partial charge in [0.1, 0.15) is 29.2 Å². The van der Waals surface area contributed by atoms with E-state index in [0.717, 1.165) is 11.1 Å². The zero-order chi connectivity index (χ0) is 26.6. The van der Waals surface area contributed by atoms with Crippen molar-refractivity contribution in [3.63, 3.8) is 0 Å². The second-order valence-electron chi connectivity index (χ2n) is 10.6. The standard InChI is InChI=1S/C28H37N3O6/c1-20-6-4-7-23(16-20)37-19-28(35)18-30(14-12-24(28)32)17-21-8-10-22(11-9-21)36-15-5-13-31-25(33)27(2,3)29-26(31)34/h4,6-11,16,24,32,35H,5,12-15,17-19H2,1-3H3,(H,29,34)/t24-,28-/m0/s1. The number of likely N-dealkylation sites (tertiary alicyclic amines) is 1. The number of carbonyl (C=O) groups is 2. The Hall–Kier alpha value is -3.14. The molecule has 2 aliphatic heterocycles. The van der Waals surface area contributed by atoms with Crippen molar-refractivity contribution in [2.45, 2.75) is 57.4 Å². The van der Waals surface area contributed by atoms with Gasteiger partial charge in [0.05, 0.1) is 12.7 Å². The molecule has 9 heteroatoms. The van der Waals surface area contributed by atoms with Crippen LogP contribution in [0.2, 0.25) is 0 Å². The van der Waals surface area contributed by atoms with Crippen molar-refractivity contribution in [2.75, 3.05) is 32.8 Å². The number of aryl methyl sites for hydroxylation is 1. The smallest absolute Gasteiger partial charge is 0.325 e. The number of ether oxygens (including phenoxy) is 2. The quantitative estimate of drug-likeness (QED) is 0.332. The zero-order valence-electron chi connectivity index (χ0n) is 21.8. The number of hydrogen-bond acceptors (Lipinski definition) is 7. The Kier molecular flexibility index (Phi) is 8.06. The lowest BCUT2D eigenvalue weighted by Gasteiger charge is -2.42. The summed E-state index contributed by atoms with van der Waals surface area (Å²) in [6.07, 6.45) is 0.150. The van der Waals surface area contributed by atoms with E-state index in [2.05, 4.69) is 10.2 Å². The predicted octanol–water partition coefficient (Wildman–Crippen LogP) is 2.47. The number of nitrogens with zero attached hydrogens (tertiary/aromatic N) is 2. The number of imide groups is 1. The van der Waals surface area contributed by atoms with Crippen molar-refractivity contribution in [1.82, 2.24) is 15.1 Å². The fraction of sp³-hybridized carbons (Fsp3) is 0.500. The Morgan fingerprint density at radius 1 is 1.08 bits per heavy atom. The molecule has 0 saturated carbocycles. The number of β-amino-alcohol motifs (C(OH)–C–C–N with tert-alkyl or cyclic N) is 1. The van der Waals surface area contributed by atoms with Crippen molar-refractivity contribution in [2.24, 2.45) is 0 Å². The number of benzene rings is 2. The van der Waals surface area contributed by atoms with E-state index < -0.39 is 17.2 Å². The summed E-state index contributed by atoms with van der Waals surface area (Å²) in [5.74, 6) is 1.16. The number of urea groups is 1. The lowest BCUT2D eigenvalue weighted by molar-refractivity contribution is -0.140. The molecule has 3 amide bonds. The van der Waals surface area contributed by atoms with Crippen molar-refractivity contribution >= 4 is 11.9 Å². The van der Waals surface area contributed by atoms with Gasteiger partial charge in [0.25, 0.3) is 5.91 Å². The largest absolute Gasteiger partial charge is 0.494 e.